The molecule has 0 atom stereocenters. The fourth-order valence-corrected chi connectivity index (χ4v) is 2.22. The highest BCUT2D eigenvalue weighted by atomic mass is 16.5. The Morgan fingerprint density at radius 1 is 1.50 bits per heavy atom. The summed E-state index contributed by atoms with van der Waals surface area (Å²) >= 11 is 0. The predicted octanol–water partition coefficient (Wildman–Crippen LogP) is 1.31. The Kier molecular flexibility index (Phi) is 3.64. The van der Waals surface area contributed by atoms with Crippen molar-refractivity contribution in [3.8, 4) is 0 Å². The Morgan fingerprint density at radius 2 is 2.17 bits per heavy atom. The second kappa shape index (κ2) is 5.20. The number of carboxylic acids is 1. The molecule has 1 amide bonds. The summed E-state index contributed by atoms with van der Waals surface area (Å²) in [6.45, 7) is 2.91. The van der Waals surface area contributed by atoms with Gasteiger partial charge in [-0.3, -0.25) is 9.59 Å². The van der Waals surface area contributed by atoms with Gasteiger partial charge < -0.3 is 14.5 Å². The molecule has 1 saturated heterocycles. The lowest BCUT2D eigenvalue weighted by molar-refractivity contribution is -0.138. The van der Waals surface area contributed by atoms with Gasteiger partial charge in [0, 0.05) is 25.6 Å². The first-order valence-electron chi connectivity index (χ1n) is 6.00. The molecule has 18 heavy (non-hydrogen) atoms. The summed E-state index contributed by atoms with van der Waals surface area (Å²) in [6, 6.07) is 1.62. The molecule has 1 N–H and O–H groups in total. The molecule has 1 fully saturated rings. The number of rotatable bonds is 3. The van der Waals surface area contributed by atoms with Crippen molar-refractivity contribution in [2.45, 2.75) is 26.2 Å². The van der Waals surface area contributed by atoms with Crippen molar-refractivity contribution in [3.05, 3.63) is 17.5 Å². The van der Waals surface area contributed by atoms with Gasteiger partial charge >= 0.3 is 5.97 Å². The number of aryl methyl sites for hydroxylation is 1. The number of carbonyl (C=O) groups is 2. The van der Waals surface area contributed by atoms with Gasteiger partial charge in [-0.05, 0) is 25.7 Å². The van der Waals surface area contributed by atoms with E-state index in [1.807, 2.05) is 0 Å². The minimum absolute atomic E-state index is 0.138. The van der Waals surface area contributed by atoms with Gasteiger partial charge in [0.1, 0.15) is 5.76 Å². The Balaban J connectivity index is 1.90. The Hall–Kier alpha value is -1.85. The zero-order valence-corrected chi connectivity index (χ0v) is 10.3. The minimum Gasteiger partial charge on any atom is -0.481 e. The van der Waals surface area contributed by atoms with E-state index in [9.17, 15) is 9.59 Å². The van der Waals surface area contributed by atoms with Crippen LogP contribution in [0.5, 0.6) is 0 Å². The highest BCUT2D eigenvalue weighted by Crippen LogP contribution is 2.21. The molecule has 0 unspecified atom stereocenters. The van der Waals surface area contributed by atoms with Crippen LogP contribution < -0.4 is 0 Å². The SMILES string of the molecule is Cc1cc(C(=O)N2CCC(CC(=O)O)CC2)no1. The van der Waals surface area contributed by atoms with Crippen LogP contribution in [0.2, 0.25) is 0 Å². The second-order valence-electron chi connectivity index (χ2n) is 4.66. The molecule has 0 aliphatic carbocycles. The van der Waals surface area contributed by atoms with Gasteiger partial charge in [-0.1, -0.05) is 5.16 Å². The molecular weight excluding hydrogens is 236 g/mol. The molecule has 2 rings (SSSR count). The van der Waals surface area contributed by atoms with Gasteiger partial charge in [-0.25, -0.2) is 0 Å². The summed E-state index contributed by atoms with van der Waals surface area (Å²) in [7, 11) is 0. The minimum atomic E-state index is -0.771. The van der Waals surface area contributed by atoms with Crippen molar-refractivity contribution in [2.75, 3.05) is 13.1 Å². The summed E-state index contributed by atoms with van der Waals surface area (Å²) in [4.78, 5) is 24.3. The summed E-state index contributed by atoms with van der Waals surface area (Å²) < 4.78 is 4.87. The second-order valence-corrected chi connectivity index (χ2v) is 4.66. The molecule has 6 nitrogen and oxygen atoms in total. The summed E-state index contributed by atoms with van der Waals surface area (Å²) in [5, 5.41) is 12.4. The van der Waals surface area contributed by atoms with E-state index in [-0.39, 0.29) is 18.2 Å². The van der Waals surface area contributed by atoms with Gasteiger partial charge in [-0.2, -0.15) is 0 Å². The molecule has 2 heterocycles. The molecule has 1 aromatic rings. The van der Waals surface area contributed by atoms with Crippen LogP contribution in [-0.4, -0.2) is 40.1 Å². The molecule has 1 aromatic heterocycles. The van der Waals surface area contributed by atoms with Crippen LogP contribution in [0.15, 0.2) is 10.6 Å². The zero-order valence-electron chi connectivity index (χ0n) is 10.3. The number of carboxylic acid groups (broad SMARTS) is 1. The smallest absolute Gasteiger partial charge is 0.303 e. The Labute approximate surface area is 105 Å². The first kappa shape index (κ1) is 12.6. The third-order valence-electron chi connectivity index (χ3n) is 3.21. The standard InChI is InChI=1S/C12H16N2O4/c1-8-6-10(13-18-8)12(17)14-4-2-9(3-5-14)7-11(15)16/h6,9H,2-5,7H2,1H3,(H,15,16). The molecule has 1 aliphatic rings. The van der Waals surface area contributed by atoms with Crippen molar-refractivity contribution < 1.29 is 19.2 Å². The maximum absolute atomic E-state index is 12.0. The highest BCUT2D eigenvalue weighted by Gasteiger charge is 2.26. The van der Waals surface area contributed by atoms with Gasteiger partial charge in [0.05, 0.1) is 0 Å². The monoisotopic (exact) mass is 252 g/mol. The van der Waals surface area contributed by atoms with E-state index in [2.05, 4.69) is 5.16 Å². The predicted molar refractivity (Wildman–Crippen MR) is 62.1 cm³/mol. The largest absolute Gasteiger partial charge is 0.481 e. The number of hydrogen-bond acceptors (Lipinski definition) is 4. The molecule has 98 valence electrons. The highest BCUT2D eigenvalue weighted by molar-refractivity contribution is 5.92. The van der Waals surface area contributed by atoms with E-state index in [0.29, 0.717) is 24.5 Å². The summed E-state index contributed by atoms with van der Waals surface area (Å²) in [5.41, 5.74) is 0.323. The Bertz CT molecular complexity index is 447. The van der Waals surface area contributed by atoms with E-state index in [0.717, 1.165) is 12.8 Å². The fourth-order valence-electron chi connectivity index (χ4n) is 2.22. The van der Waals surface area contributed by atoms with Gasteiger partial charge in [-0.15, -0.1) is 0 Å². The molecule has 0 aromatic carbocycles. The zero-order chi connectivity index (χ0) is 13.1. The molecule has 0 bridgehead atoms. The number of aromatic nitrogens is 1. The van der Waals surface area contributed by atoms with E-state index >= 15 is 0 Å². The first-order chi connectivity index (χ1) is 8.56. The van der Waals surface area contributed by atoms with Gasteiger partial charge in [0.2, 0.25) is 0 Å². The van der Waals surface area contributed by atoms with Crippen LogP contribution in [0.1, 0.15) is 35.5 Å². The lowest BCUT2D eigenvalue weighted by Crippen LogP contribution is -2.39. The van der Waals surface area contributed by atoms with Crippen LogP contribution in [0.3, 0.4) is 0 Å². The van der Waals surface area contributed by atoms with Gasteiger partial charge in [0.15, 0.2) is 5.69 Å². The molecular formula is C12H16N2O4. The number of amides is 1. The topological polar surface area (TPSA) is 83.6 Å². The third kappa shape index (κ3) is 2.88. The third-order valence-corrected chi connectivity index (χ3v) is 3.21. The lowest BCUT2D eigenvalue weighted by Gasteiger charge is -2.30. The molecule has 0 radical (unpaired) electrons. The molecule has 1 aliphatic heterocycles. The van der Waals surface area contributed by atoms with Crippen molar-refractivity contribution in [1.29, 1.82) is 0 Å². The van der Waals surface area contributed by atoms with E-state index in [1.54, 1.807) is 17.9 Å². The van der Waals surface area contributed by atoms with Crippen LogP contribution in [0, 0.1) is 12.8 Å². The lowest BCUT2D eigenvalue weighted by atomic mass is 9.93. The first-order valence-corrected chi connectivity index (χ1v) is 6.00. The quantitative estimate of drug-likeness (QED) is 0.876. The van der Waals surface area contributed by atoms with Crippen molar-refractivity contribution in [3.63, 3.8) is 0 Å². The number of nitrogens with zero attached hydrogens (tertiary/aromatic N) is 2. The van der Waals surface area contributed by atoms with Crippen LogP contribution in [0.25, 0.3) is 0 Å². The molecule has 0 spiro atoms. The van der Waals surface area contributed by atoms with Crippen molar-refractivity contribution in [1.82, 2.24) is 10.1 Å². The summed E-state index contributed by atoms with van der Waals surface area (Å²) in [6.07, 6.45) is 1.65. The van der Waals surface area contributed by atoms with E-state index in [1.165, 1.54) is 0 Å². The number of hydrogen-bond donors (Lipinski definition) is 1. The average molecular weight is 252 g/mol. The van der Waals surface area contributed by atoms with Gasteiger partial charge in [0.25, 0.3) is 5.91 Å². The van der Waals surface area contributed by atoms with E-state index in [4.69, 9.17) is 9.63 Å². The number of likely N-dealkylation sites (tertiary alicyclic amines) is 1. The normalized spacial score (nSPS) is 16.8. The average Bonchev–Trinajstić information content (AvgIpc) is 2.75. The number of carbonyl (C=O) groups excluding carboxylic acids is 1. The van der Waals surface area contributed by atoms with Crippen LogP contribution in [0.4, 0.5) is 0 Å². The van der Waals surface area contributed by atoms with E-state index < -0.39 is 5.97 Å². The van der Waals surface area contributed by atoms with Crippen LogP contribution in [-0.2, 0) is 4.79 Å². The van der Waals surface area contributed by atoms with Crippen molar-refractivity contribution in [2.24, 2.45) is 5.92 Å². The fraction of sp³-hybridized carbons (Fsp3) is 0.583. The van der Waals surface area contributed by atoms with Crippen LogP contribution >= 0.6 is 0 Å². The Morgan fingerprint density at radius 3 is 2.67 bits per heavy atom. The molecule has 6 heteroatoms. The maximum Gasteiger partial charge on any atom is 0.303 e. The van der Waals surface area contributed by atoms with Crippen molar-refractivity contribution >= 4 is 11.9 Å². The molecule has 0 saturated carbocycles. The number of piperidine rings is 1. The summed E-state index contributed by atoms with van der Waals surface area (Å²) in [5.74, 6) is -0.128. The number of aliphatic carboxylic acids is 1. The maximum atomic E-state index is 12.0.